The van der Waals surface area contributed by atoms with Crippen molar-refractivity contribution in [2.45, 2.75) is 19.7 Å². The summed E-state index contributed by atoms with van der Waals surface area (Å²) in [6, 6.07) is 16.8. The third-order valence-corrected chi connectivity index (χ3v) is 5.65. The maximum atomic E-state index is 13.0. The highest BCUT2D eigenvalue weighted by molar-refractivity contribution is 9.10. The van der Waals surface area contributed by atoms with Crippen LogP contribution in [-0.4, -0.2) is 12.5 Å². The number of carbonyl (C=O) groups excluding carboxylic acids is 1. The van der Waals surface area contributed by atoms with Gasteiger partial charge in [0.2, 0.25) is 0 Å². The van der Waals surface area contributed by atoms with Crippen molar-refractivity contribution >= 4 is 45.2 Å². The van der Waals surface area contributed by atoms with E-state index in [9.17, 15) is 23.2 Å². The second kappa shape index (κ2) is 12.0. The summed E-state index contributed by atoms with van der Waals surface area (Å²) in [7, 11) is 0. The molecular formula is C26H19BrClF3N2O3. The molecule has 0 saturated carbocycles. The van der Waals surface area contributed by atoms with Gasteiger partial charge in [0.15, 0.2) is 11.5 Å². The van der Waals surface area contributed by atoms with E-state index in [0.29, 0.717) is 36.3 Å². The Morgan fingerprint density at radius 1 is 1.08 bits per heavy atom. The Labute approximate surface area is 219 Å². The fourth-order valence-electron chi connectivity index (χ4n) is 3.05. The number of ether oxygens (including phenoxy) is 2. The zero-order valence-electron chi connectivity index (χ0n) is 18.8. The normalized spacial score (nSPS) is 11.5. The molecule has 0 bridgehead atoms. The van der Waals surface area contributed by atoms with E-state index in [-0.39, 0.29) is 16.3 Å². The van der Waals surface area contributed by atoms with Gasteiger partial charge in [0, 0.05) is 4.47 Å². The van der Waals surface area contributed by atoms with Crippen LogP contribution in [0.4, 0.5) is 18.9 Å². The van der Waals surface area contributed by atoms with Crippen LogP contribution in [-0.2, 0) is 17.6 Å². The van der Waals surface area contributed by atoms with Gasteiger partial charge in [0.1, 0.15) is 18.2 Å². The second-order valence-corrected chi connectivity index (χ2v) is 8.69. The Hall–Kier alpha value is -3.48. The molecule has 3 aromatic rings. The SMILES string of the molecule is CCOc1cc(C=C(C#N)C(=O)Nc2cc(C(F)(F)F)ccc2Cl)ccc1OCc1ccc(Br)cc1. The highest BCUT2D eigenvalue weighted by atomic mass is 79.9. The lowest BCUT2D eigenvalue weighted by atomic mass is 10.1. The van der Waals surface area contributed by atoms with Crippen molar-refractivity contribution in [1.82, 2.24) is 0 Å². The Kier molecular flexibility index (Phi) is 9.02. The molecule has 1 amide bonds. The molecule has 10 heteroatoms. The largest absolute Gasteiger partial charge is 0.490 e. The third-order valence-electron chi connectivity index (χ3n) is 4.79. The standard InChI is InChI=1S/C26H19BrClF3N2O3/c1-2-35-24-12-17(5-10-23(24)36-15-16-3-7-20(27)8-4-16)11-18(14-32)25(34)33-22-13-19(26(29,30)31)6-9-21(22)28/h3-13H,2,15H2,1H3,(H,33,34). The zero-order chi connectivity index (χ0) is 26.3. The molecule has 0 aromatic heterocycles. The van der Waals surface area contributed by atoms with Crippen molar-refractivity contribution in [3.8, 4) is 17.6 Å². The lowest BCUT2D eigenvalue weighted by Gasteiger charge is -2.13. The fourth-order valence-corrected chi connectivity index (χ4v) is 3.48. The van der Waals surface area contributed by atoms with Crippen LogP contribution < -0.4 is 14.8 Å². The molecule has 0 spiro atoms. The highest BCUT2D eigenvalue weighted by Crippen LogP contribution is 2.34. The molecule has 5 nitrogen and oxygen atoms in total. The minimum Gasteiger partial charge on any atom is -0.490 e. The first-order valence-electron chi connectivity index (χ1n) is 10.5. The van der Waals surface area contributed by atoms with E-state index in [4.69, 9.17) is 21.1 Å². The van der Waals surface area contributed by atoms with Crippen molar-refractivity contribution < 1.29 is 27.4 Å². The van der Waals surface area contributed by atoms with Crippen molar-refractivity contribution in [2.24, 2.45) is 0 Å². The van der Waals surface area contributed by atoms with Gasteiger partial charge >= 0.3 is 6.18 Å². The Morgan fingerprint density at radius 3 is 2.44 bits per heavy atom. The van der Waals surface area contributed by atoms with Gasteiger partial charge < -0.3 is 14.8 Å². The number of nitrogens with zero attached hydrogens (tertiary/aromatic N) is 1. The first kappa shape index (κ1) is 27.1. The molecule has 0 aliphatic heterocycles. The van der Waals surface area contributed by atoms with E-state index < -0.39 is 17.6 Å². The predicted octanol–water partition coefficient (Wildman–Crippen LogP) is 7.64. The summed E-state index contributed by atoms with van der Waals surface area (Å²) < 4.78 is 51.5. The van der Waals surface area contributed by atoms with Crippen molar-refractivity contribution in [2.75, 3.05) is 11.9 Å². The van der Waals surface area contributed by atoms with E-state index in [0.717, 1.165) is 22.2 Å². The van der Waals surface area contributed by atoms with Gasteiger partial charge in [-0.1, -0.05) is 45.7 Å². The summed E-state index contributed by atoms with van der Waals surface area (Å²) in [5, 5.41) is 11.7. The van der Waals surface area contributed by atoms with Crippen LogP contribution in [0, 0.1) is 11.3 Å². The topological polar surface area (TPSA) is 71.3 Å². The van der Waals surface area contributed by atoms with Gasteiger partial charge in [0.05, 0.1) is 22.9 Å². The van der Waals surface area contributed by atoms with Gasteiger partial charge in [-0.2, -0.15) is 18.4 Å². The molecule has 3 rings (SSSR count). The number of hydrogen-bond donors (Lipinski definition) is 1. The molecule has 0 radical (unpaired) electrons. The number of nitrogens with one attached hydrogen (secondary N) is 1. The number of halogens is 5. The summed E-state index contributed by atoms with van der Waals surface area (Å²) in [5.74, 6) is -0.0372. The molecule has 0 heterocycles. The zero-order valence-corrected chi connectivity index (χ0v) is 21.2. The molecule has 3 aromatic carbocycles. The molecule has 0 aliphatic carbocycles. The number of amides is 1. The molecule has 1 N–H and O–H groups in total. The molecule has 0 saturated heterocycles. The number of rotatable bonds is 8. The fraction of sp³-hybridized carbons (Fsp3) is 0.154. The molecule has 0 unspecified atom stereocenters. The molecule has 0 fully saturated rings. The average molecular weight is 580 g/mol. The van der Waals surface area contributed by atoms with Crippen LogP contribution in [0.3, 0.4) is 0 Å². The number of benzene rings is 3. The summed E-state index contributed by atoms with van der Waals surface area (Å²) in [5.41, 5.74) is -0.179. The van der Waals surface area contributed by atoms with Crippen molar-refractivity contribution in [3.63, 3.8) is 0 Å². The van der Waals surface area contributed by atoms with Crippen LogP contribution in [0.15, 0.2) is 70.7 Å². The maximum absolute atomic E-state index is 13.0. The Balaban J connectivity index is 1.81. The highest BCUT2D eigenvalue weighted by Gasteiger charge is 2.31. The van der Waals surface area contributed by atoms with Crippen LogP contribution >= 0.6 is 27.5 Å². The van der Waals surface area contributed by atoms with E-state index in [1.165, 1.54) is 6.08 Å². The van der Waals surface area contributed by atoms with E-state index in [1.807, 2.05) is 24.3 Å². The van der Waals surface area contributed by atoms with Gasteiger partial charge in [-0.3, -0.25) is 4.79 Å². The molecule has 186 valence electrons. The van der Waals surface area contributed by atoms with Gasteiger partial charge in [-0.15, -0.1) is 0 Å². The molecule has 0 atom stereocenters. The maximum Gasteiger partial charge on any atom is 0.416 e. The Bertz CT molecular complexity index is 1320. The van der Waals surface area contributed by atoms with Crippen molar-refractivity contribution in [3.05, 3.63) is 92.4 Å². The number of anilines is 1. The molecule has 36 heavy (non-hydrogen) atoms. The summed E-state index contributed by atoms with van der Waals surface area (Å²) in [4.78, 5) is 12.6. The number of carbonyl (C=O) groups is 1. The summed E-state index contributed by atoms with van der Waals surface area (Å²) in [6.07, 6.45) is -3.33. The van der Waals surface area contributed by atoms with Crippen LogP contribution in [0.1, 0.15) is 23.6 Å². The quantitative estimate of drug-likeness (QED) is 0.220. The van der Waals surface area contributed by atoms with Crippen LogP contribution in [0.5, 0.6) is 11.5 Å². The second-order valence-electron chi connectivity index (χ2n) is 7.37. The van der Waals surface area contributed by atoms with E-state index >= 15 is 0 Å². The number of hydrogen-bond acceptors (Lipinski definition) is 4. The Morgan fingerprint density at radius 2 is 1.81 bits per heavy atom. The van der Waals surface area contributed by atoms with E-state index in [2.05, 4.69) is 21.2 Å². The number of nitriles is 1. The van der Waals surface area contributed by atoms with Crippen LogP contribution in [0.2, 0.25) is 5.02 Å². The summed E-state index contributed by atoms with van der Waals surface area (Å²) in [6.45, 7) is 2.45. The third kappa shape index (κ3) is 7.26. The molecule has 0 aliphatic rings. The monoisotopic (exact) mass is 578 g/mol. The number of alkyl halides is 3. The molecular weight excluding hydrogens is 561 g/mol. The lowest BCUT2D eigenvalue weighted by Crippen LogP contribution is -2.15. The predicted molar refractivity (Wildman–Crippen MR) is 135 cm³/mol. The summed E-state index contributed by atoms with van der Waals surface area (Å²) >= 11 is 9.32. The van der Waals surface area contributed by atoms with Crippen LogP contribution in [0.25, 0.3) is 6.08 Å². The first-order valence-corrected chi connectivity index (χ1v) is 11.7. The van der Waals surface area contributed by atoms with Crippen molar-refractivity contribution in [1.29, 1.82) is 5.26 Å². The van der Waals surface area contributed by atoms with E-state index in [1.54, 1.807) is 31.2 Å². The first-order chi connectivity index (χ1) is 17.1. The van der Waals surface area contributed by atoms with Gasteiger partial charge in [0.25, 0.3) is 5.91 Å². The smallest absolute Gasteiger partial charge is 0.416 e. The lowest BCUT2D eigenvalue weighted by molar-refractivity contribution is -0.137. The van der Waals surface area contributed by atoms with Gasteiger partial charge in [-0.05, 0) is 66.6 Å². The van der Waals surface area contributed by atoms with Gasteiger partial charge in [-0.25, -0.2) is 0 Å². The average Bonchev–Trinajstić information content (AvgIpc) is 2.83. The minimum absolute atomic E-state index is 0.0976. The minimum atomic E-state index is -4.62.